The number of hydrogen-bond acceptors (Lipinski definition) is 7. The van der Waals surface area contributed by atoms with Crippen LogP contribution in [0.3, 0.4) is 0 Å². The lowest BCUT2D eigenvalue weighted by molar-refractivity contribution is 0.578. The van der Waals surface area contributed by atoms with Gasteiger partial charge in [0.15, 0.2) is 11.6 Å². The van der Waals surface area contributed by atoms with Gasteiger partial charge < -0.3 is 10.6 Å². The number of nitriles is 1. The Hall–Kier alpha value is -3.55. The van der Waals surface area contributed by atoms with Crippen LogP contribution in [0.25, 0.3) is 0 Å². The molecule has 0 spiro atoms. The molecule has 2 aromatic carbocycles. The maximum absolute atomic E-state index is 14.3. The number of hydrogen-bond donors (Lipinski definition) is 3. The maximum Gasteiger partial charge on any atom is 0.240 e. The maximum atomic E-state index is 14.3. The molecule has 3 aromatic rings. The number of nitrogens with one attached hydrogen (secondary N) is 3. The third kappa shape index (κ3) is 5.78. The molecule has 3 rings (SSSR count). The van der Waals surface area contributed by atoms with E-state index in [1.54, 1.807) is 30.3 Å². The molecule has 166 valence electrons. The van der Waals surface area contributed by atoms with Gasteiger partial charge in [-0.2, -0.15) is 10.2 Å². The van der Waals surface area contributed by atoms with Crippen molar-refractivity contribution < 1.29 is 12.8 Å². The second-order valence-corrected chi connectivity index (χ2v) is 8.83. The van der Waals surface area contributed by atoms with Crippen molar-refractivity contribution in [3.8, 4) is 6.07 Å². The van der Waals surface area contributed by atoms with Gasteiger partial charge in [-0.1, -0.05) is 25.5 Å². The molecular weight excluding hydrogens is 431 g/mol. The second kappa shape index (κ2) is 10.2. The van der Waals surface area contributed by atoms with E-state index in [2.05, 4.69) is 31.4 Å². The van der Waals surface area contributed by atoms with Crippen LogP contribution in [0.2, 0.25) is 0 Å². The van der Waals surface area contributed by atoms with Crippen molar-refractivity contribution in [3.05, 3.63) is 65.6 Å². The summed E-state index contributed by atoms with van der Waals surface area (Å²) in [6, 6.07) is 13.3. The first-order valence-electron chi connectivity index (χ1n) is 9.99. The third-order valence-corrected chi connectivity index (χ3v) is 6.05. The summed E-state index contributed by atoms with van der Waals surface area (Å²) in [7, 11) is -3.64. The fourth-order valence-corrected chi connectivity index (χ4v) is 3.93. The summed E-state index contributed by atoms with van der Waals surface area (Å²) >= 11 is 0. The first-order chi connectivity index (χ1) is 15.3. The van der Waals surface area contributed by atoms with Gasteiger partial charge in [0.05, 0.1) is 22.7 Å². The summed E-state index contributed by atoms with van der Waals surface area (Å²) in [4.78, 5) is 8.16. The lowest BCUT2D eigenvalue weighted by atomic mass is 10.1. The van der Waals surface area contributed by atoms with Crippen molar-refractivity contribution in [1.29, 1.82) is 5.26 Å². The van der Waals surface area contributed by atoms with Crippen LogP contribution in [0, 0.1) is 24.1 Å². The molecule has 0 radical (unpaired) electrons. The van der Waals surface area contributed by atoms with E-state index in [0.717, 1.165) is 24.6 Å². The smallest absolute Gasteiger partial charge is 0.240 e. The number of sulfonamides is 1. The Morgan fingerprint density at radius 2 is 1.91 bits per heavy atom. The zero-order valence-corrected chi connectivity index (χ0v) is 18.5. The van der Waals surface area contributed by atoms with E-state index in [1.807, 2.05) is 13.8 Å². The Kier molecular flexibility index (Phi) is 7.35. The van der Waals surface area contributed by atoms with Crippen molar-refractivity contribution in [1.82, 2.24) is 14.7 Å². The Labute approximate surface area is 186 Å². The topological polar surface area (TPSA) is 120 Å². The minimum atomic E-state index is -3.64. The summed E-state index contributed by atoms with van der Waals surface area (Å²) in [5.74, 6) is -0.679. The molecular formula is C22H23FN6O2S. The highest BCUT2D eigenvalue weighted by Crippen LogP contribution is 2.23. The van der Waals surface area contributed by atoms with E-state index in [0.29, 0.717) is 23.5 Å². The predicted octanol–water partition coefficient (Wildman–Crippen LogP) is 4.36. The Balaban J connectivity index is 1.80. The largest absolute Gasteiger partial charge is 0.338 e. The average Bonchev–Trinajstić information content (AvgIpc) is 2.77. The van der Waals surface area contributed by atoms with Gasteiger partial charge in [-0.3, -0.25) is 0 Å². The molecule has 0 saturated carbocycles. The predicted molar refractivity (Wildman–Crippen MR) is 121 cm³/mol. The summed E-state index contributed by atoms with van der Waals surface area (Å²) in [5, 5.41) is 14.9. The fraction of sp³-hybridized carbons (Fsp3) is 0.227. The van der Waals surface area contributed by atoms with Crippen LogP contribution in [0.1, 0.15) is 30.9 Å². The Morgan fingerprint density at radius 3 is 2.66 bits per heavy atom. The normalized spacial score (nSPS) is 11.1. The Morgan fingerprint density at radius 1 is 1.12 bits per heavy atom. The van der Waals surface area contributed by atoms with Gasteiger partial charge in [-0.05, 0) is 49.2 Å². The number of nitrogens with zero attached hydrogens (tertiary/aromatic N) is 3. The van der Waals surface area contributed by atoms with Crippen molar-refractivity contribution in [2.24, 2.45) is 0 Å². The van der Waals surface area contributed by atoms with Crippen LogP contribution in [-0.4, -0.2) is 24.9 Å². The summed E-state index contributed by atoms with van der Waals surface area (Å²) in [6.45, 7) is 4.15. The van der Waals surface area contributed by atoms with Gasteiger partial charge in [0.1, 0.15) is 0 Å². The van der Waals surface area contributed by atoms with Crippen LogP contribution in [0.15, 0.2) is 53.6 Å². The van der Waals surface area contributed by atoms with Crippen LogP contribution < -0.4 is 15.4 Å². The number of aromatic nitrogens is 2. The van der Waals surface area contributed by atoms with Gasteiger partial charge in [0.2, 0.25) is 16.0 Å². The van der Waals surface area contributed by atoms with E-state index < -0.39 is 15.8 Å². The van der Waals surface area contributed by atoms with Crippen molar-refractivity contribution in [2.45, 2.75) is 31.6 Å². The zero-order chi connectivity index (χ0) is 23.1. The molecule has 8 nitrogen and oxygen atoms in total. The van der Waals surface area contributed by atoms with Gasteiger partial charge in [-0.25, -0.2) is 22.5 Å². The standard InChI is InChI=1S/C22H23FN6O2S/c1-3-4-10-26-32(30,31)19-7-5-6-17(12-19)28-22-25-14-20(23)21(29-22)27-18-9-8-15(2)16(11-18)13-24/h5-9,11-12,14,26H,3-4,10H2,1-2H3,(H2,25,27,28,29). The second-order valence-electron chi connectivity index (χ2n) is 7.06. The molecule has 0 saturated heterocycles. The molecule has 10 heteroatoms. The summed E-state index contributed by atoms with van der Waals surface area (Å²) in [5.41, 5.74) is 2.21. The monoisotopic (exact) mass is 454 g/mol. The highest BCUT2D eigenvalue weighted by atomic mass is 32.2. The van der Waals surface area contributed by atoms with Crippen molar-refractivity contribution in [3.63, 3.8) is 0 Å². The molecule has 0 fully saturated rings. The van der Waals surface area contributed by atoms with Gasteiger partial charge in [0.25, 0.3) is 0 Å². The summed E-state index contributed by atoms with van der Waals surface area (Å²) < 4.78 is 41.7. The van der Waals surface area contributed by atoms with Gasteiger partial charge in [0, 0.05) is 17.9 Å². The molecule has 0 bridgehead atoms. The molecule has 1 aromatic heterocycles. The SMILES string of the molecule is CCCCNS(=O)(=O)c1cccc(Nc2ncc(F)c(Nc3ccc(C)c(C#N)c3)n2)c1. The molecule has 0 aliphatic rings. The molecule has 0 amide bonds. The van der Waals surface area contributed by atoms with E-state index in [9.17, 15) is 18.1 Å². The number of rotatable bonds is 9. The first kappa shape index (κ1) is 23.1. The van der Waals surface area contributed by atoms with Crippen LogP contribution in [-0.2, 0) is 10.0 Å². The Bertz CT molecular complexity index is 1260. The first-order valence-corrected chi connectivity index (χ1v) is 11.5. The number of benzene rings is 2. The molecule has 1 heterocycles. The lowest BCUT2D eigenvalue weighted by Crippen LogP contribution is -2.24. The number of unbranched alkanes of at least 4 members (excludes halogenated alkanes) is 1. The lowest BCUT2D eigenvalue weighted by Gasteiger charge is -2.11. The van der Waals surface area contributed by atoms with Gasteiger partial charge in [-0.15, -0.1) is 0 Å². The van der Waals surface area contributed by atoms with Crippen molar-refractivity contribution in [2.75, 3.05) is 17.2 Å². The fourth-order valence-electron chi connectivity index (χ4n) is 2.81. The molecule has 3 N–H and O–H groups in total. The third-order valence-electron chi connectivity index (χ3n) is 4.59. The minimum Gasteiger partial charge on any atom is -0.338 e. The number of anilines is 4. The van der Waals surface area contributed by atoms with E-state index in [1.165, 1.54) is 12.1 Å². The molecule has 0 aliphatic carbocycles. The minimum absolute atomic E-state index is 0.0787. The van der Waals surface area contributed by atoms with E-state index in [4.69, 9.17) is 0 Å². The number of aryl methyl sites for hydroxylation is 1. The van der Waals surface area contributed by atoms with Crippen molar-refractivity contribution >= 4 is 33.2 Å². The van der Waals surface area contributed by atoms with Crippen LogP contribution in [0.5, 0.6) is 0 Å². The molecule has 0 atom stereocenters. The van der Waals surface area contributed by atoms with Gasteiger partial charge >= 0.3 is 0 Å². The highest BCUT2D eigenvalue weighted by molar-refractivity contribution is 7.89. The number of halogens is 1. The highest BCUT2D eigenvalue weighted by Gasteiger charge is 2.14. The molecule has 0 unspecified atom stereocenters. The van der Waals surface area contributed by atoms with Crippen LogP contribution in [0.4, 0.5) is 27.5 Å². The molecule has 32 heavy (non-hydrogen) atoms. The van der Waals surface area contributed by atoms with E-state index in [-0.39, 0.29) is 16.7 Å². The van der Waals surface area contributed by atoms with Crippen LogP contribution >= 0.6 is 0 Å². The summed E-state index contributed by atoms with van der Waals surface area (Å²) in [6.07, 6.45) is 2.62. The quantitative estimate of drug-likeness (QED) is 0.411. The van der Waals surface area contributed by atoms with E-state index >= 15 is 0 Å². The average molecular weight is 455 g/mol. The zero-order valence-electron chi connectivity index (χ0n) is 17.7. The molecule has 0 aliphatic heterocycles.